The molecule has 1 unspecified atom stereocenters. The minimum absolute atomic E-state index is 0.0181. The van der Waals surface area contributed by atoms with Crippen LogP contribution in [0.3, 0.4) is 0 Å². The van der Waals surface area contributed by atoms with Crippen LogP contribution < -0.4 is 0 Å². The third-order valence-electron chi connectivity index (χ3n) is 4.83. The van der Waals surface area contributed by atoms with Crippen LogP contribution >= 0.6 is 0 Å². The number of amides is 1. The van der Waals surface area contributed by atoms with Crippen LogP contribution in [-0.2, 0) is 22.3 Å². The van der Waals surface area contributed by atoms with Crippen molar-refractivity contribution in [1.29, 1.82) is 0 Å². The predicted octanol–water partition coefficient (Wildman–Crippen LogP) is 3.91. The van der Waals surface area contributed by atoms with Gasteiger partial charge in [0.15, 0.2) is 0 Å². The van der Waals surface area contributed by atoms with Crippen molar-refractivity contribution in [2.45, 2.75) is 50.4 Å². The molecule has 132 valence electrons. The van der Waals surface area contributed by atoms with Crippen molar-refractivity contribution in [1.82, 2.24) is 4.90 Å². The number of benzene rings is 1. The summed E-state index contributed by atoms with van der Waals surface area (Å²) in [6.45, 7) is 1.08. The number of nitrogens with zero attached hydrogens (tertiary/aromatic N) is 1. The summed E-state index contributed by atoms with van der Waals surface area (Å²) < 4.78 is 57.7. The molecular weight excluding hydrogens is 326 g/mol. The molecule has 0 aliphatic carbocycles. The van der Waals surface area contributed by atoms with Gasteiger partial charge in [0.25, 0.3) is 0 Å². The van der Waals surface area contributed by atoms with Gasteiger partial charge in [-0.3, -0.25) is 4.79 Å². The largest absolute Gasteiger partial charge is 0.416 e. The fourth-order valence-electron chi connectivity index (χ4n) is 3.52. The molecule has 0 saturated carbocycles. The maximum Gasteiger partial charge on any atom is 0.416 e. The van der Waals surface area contributed by atoms with E-state index in [0.29, 0.717) is 38.5 Å². The van der Waals surface area contributed by atoms with Crippen LogP contribution in [0.15, 0.2) is 18.2 Å². The van der Waals surface area contributed by atoms with E-state index in [1.807, 2.05) is 0 Å². The summed E-state index contributed by atoms with van der Waals surface area (Å²) in [6.07, 6.45) is -1.12. The number of rotatable bonds is 2. The van der Waals surface area contributed by atoms with Gasteiger partial charge in [0.05, 0.1) is 11.2 Å². The summed E-state index contributed by atoms with van der Waals surface area (Å²) in [6, 6.07) is 2.42. The van der Waals surface area contributed by atoms with Gasteiger partial charge < -0.3 is 9.64 Å². The molecule has 2 aliphatic heterocycles. The van der Waals surface area contributed by atoms with Gasteiger partial charge in [-0.25, -0.2) is 4.39 Å². The molecule has 7 heteroatoms. The van der Waals surface area contributed by atoms with E-state index in [4.69, 9.17) is 4.74 Å². The normalized spacial score (nSPS) is 25.3. The van der Waals surface area contributed by atoms with Crippen molar-refractivity contribution in [3.8, 4) is 0 Å². The lowest BCUT2D eigenvalue weighted by atomic mass is 9.92. The minimum Gasteiger partial charge on any atom is -0.375 e. The Labute approximate surface area is 137 Å². The molecule has 3 nitrogen and oxygen atoms in total. The number of carbonyl (C=O) groups excluding carboxylic acids is 1. The van der Waals surface area contributed by atoms with Crippen molar-refractivity contribution >= 4 is 5.91 Å². The molecule has 1 aromatic carbocycles. The van der Waals surface area contributed by atoms with Crippen LogP contribution in [0.25, 0.3) is 0 Å². The van der Waals surface area contributed by atoms with Crippen molar-refractivity contribution in [3.05, 3.63) is 35.1 Å². The number of alkyl halides is 3. The first kappa shape index (κ1) is 17.2. The Morgan fingerprint density at radius 1 is 1.17 bits per heavy atom. The molecule has 0 bridgehead atoms. The summed E-state index contributed by atoms with van der Waals surface area (Å²) >= 11 is 0. The van der Waals surface area contributed by atoms with E-state index < -0.39 is 17.6 Å². The van der Waals surface area contributed by atoms with Gasteiger partial charge in [0.1, 0.15) is 5.82 Å². The highest BCUT2D eigenvalue weighted by Gasteiger charge is 2.38. The molecule has 1 atom stereocenters. The summed E-state index contributed by atoms with van der Waals surface area (Å²) in [5.74, 6) is -1.07. The van der Waals surface area contributed by atoms with Gasteiger partial charge in [-0.15, -0.1) is 0 Å². The van der Waals surface area contributed by atoms with E-state index in [1.165, 1.54) is 4.90 Å². The summed E-state index contributed by atoms with van der Waals surface area (Å²) in [5, 5.41) is 0. The monoisotopic (exact) mass is 345 g/mol. The number of likely N-dealkylation sites (tertiary alicyclic amines) is 1. The zero-order chi connectivity index (χ0) is 17.4. The first-order valence-corrected chi connectivity index (χ1v) is 8.06. The molecule has 1 spiro atoms. The molecule has 3 rings (SSSR count). The second-order valence-electron chi connectivity index (χ2n) is 6.55. The Balaban J connectivity index is 1.75. The first-order chi connectivity index (χ1) is 11.3. The molecule has 0 N–H and O–H groups in total. The molecule has 24 heavy (non-hydrogen) atoms. The average molecular weight is 345 g/mol. The van der Waals surface area contributed by atoms with E-state index in [9.17, 15) is 22.4 Å². The Morgan fingerprint density at radius 2 is 1.96 bits per heavy atom. The third kappa shape index (κ3) is 3.71. The van der Waals surface area contributed by atoms with Gasteiger partial charge in [-0.2, -0.15) is 13.2 Å². The van der Waals surface area contributed by atoms with Gasteiger partial charge >= 0.3 is 6.18 Å². The van der Waals surface area contributed by atoms with Gasteiger partial charge in [0.2, 0.25) is 5.91 Å². The Kier molecular flexibility index (Phi) is 4.55. The second-order valence-corrected chi connectivity index (χ2v) is 6.55. The third-order valence-corrected chi connectivity index (χ3v) is 4.83. The molecule has 2 aliphatic rings. The van der Waals surface area contributed by atoms with Crippen LogP contribution in [0.1, 0.15) is 43.2 Å². The van der Waals surface area contributed by atoms with E-state index in [0.717, 1.165) is 25.0 Å². The molecule has 2 fully saturated rings. The Bertz CT molecular complexity index is 624. The molecular formula is C17H19F4NO2. The predicted molar refractivity (Wildman–Crippen MR) is 78.6 cm³/mol. The lowest BCUT2D eigenvalue weighted by Crippen LogP contribution is -2.32. The van der Waals surface area contributed by atoms with Crippen molar-refractivity contribution < 1.29 is 27.1 Å². The topological polar surface area (TPSA) is 29.5 Å². The molecule has 2 saturated heterocycles. The smallest absolute Gasteiger partial charge is 0.375 e. The molecule has 0 radical (unpaired) electrons. The van der Waals surface area contributed by atoms with Crippen molar-refractivity contribution in [3.63, 3.8) is 0 Å². The minimum atomic E-state index is -4.61. The summed E-state index contributed by atoms with van der Waals surface area (Å²) in [5.41, 5.74) is -1.15. The van der Waals surface area contributed by atoms with E-state index in [2.05, 4.69) is 0 Å². The average Bonchev–Trinajstić information content (AvgIpc) is 2.91. The van der Waals surface area contributed by atoms with Crippen LogP contribution in [0.5, 0.6) is 0 Å². The number of carbonyl (C=O) groups is 1. The number of hydrogen-bond donors (Lipinski definition) is 0. The van der Waals surface area contributed by atoms with E-state index in [-0.39, 0.29) is 23.6 Å². The molecule has 0 aromatic heterocycles. The van der Waals surface area contributed by atoms with Crippen LogP contribution in [-0.4, -0.2) is 29.6 Å². The van der Waals surface area contributed by atoms with Gasteiger partial charge in [-0.1, -0.05) is 0 Å². The molecule has 1 aromatic rings. The zero-order valence-corrected chi connectivity index (χ0v) is 13.2. The maximum absolute atomic E-state index is 13.5. The number of ether oxygens (including phenoxy) is 1. The van der Waals surface area contributed by atoms with E-state index in [1.54, 1.807) is 0 Å². The summed E-state index contributed by atoms with van der Waals surface area (Å²) in [4.78, 5) is 13.8. The lowest BCUT2D eigenvalue weighted by molar-refractivity contribution is -0.137. The van der Waals surface area contributed by atoms with Crippen LogP contribution in [0, 0.1) is 5.82 Å². The Hall–Kier alpha value is -1.63. The summed E-state index contributed by atoms with van der Waals surface area (Å²) in [7, 11) is 0. The van der Waals surface area contributed by atoms with Crippen LogP contribution in [0.2, 0.25) is 0 Å². The van der Waals surface area contributed by atoms with E-state index >= 15 is 0 Å². The zero-order valence-electron chi connectivity index (χ0n) is 13.2. The maximum atomic E-state index is 13.5. The fourth-order valence-corrected chi connectivity index (χ4v) is 3.52. The molecule has 1 amide bonds. The quantitative estimate of drug-likeness (QED) is 0.761. The van der Waals surface area contributed by atoms with Crippen molar-refractivity contribution in [2.24, 2.45) is 0 Å². The molecule has 2 heterocycles. The van der Waals surface area contributed by atoms with Crippen molar-refractivity contribution in [2.75, 3.05) is 13.2 Å². The Morgan fingerprint density at radius 3 is 2.62 bits per heavy atom. The van der Waals surface area contributed by atoms with Gasteiger partial charge in [0, 0.05) is 26.1 Å². The standard InChI is InChI=1S/C17H19F4NO2/c18-14-9-12(8-13(10-14)17(19,20)21)11-22-6-5-16(3-1-7-24-16)4-2-15(22)23/h8-10H,1-7,11H2. The van der Waals surface area contributed by atoms with Crippen LogP contribution in [0.4, 0.5) is 17.6 Å². The highest BCUT2D eigenvalue weighted by molar-refractivity contribution is 5.76. The fraction of sp³-hybridized carbons (Fsp3) is 0.588. The number of hydrogen-bond acceptors (Lipinski definition) is 2. The first-order valence-electron chi connectivity index (χ1n) is 8.06. The highest BCUT2D eigenvalue weighted by atomic mass is 19.4. The second kappa shape index (κ2) is 6.35. The lowest BCUT2D eigenvalue weighted by Gasteiger charge is -2.26. The number of halogens is 4. The SMILES string of the molecule is O=C1CCC2(CCCO2)CCN1Cc1cc(F)cc(C(F)(F)F)c1. The van der Waals surface area contributed by atoms with Gasteiger partial charge in [-0.05, 0) is 49.4 Å². The highest BCUT2D eigenvalue weighted by Crippen LogP contribution is 2.36.